The van der Waals surface area contributed by atoms with E-state index < -0.39 is 24.0 Å². The van der Waals surface area contributed by atoms with Crippen LogP contribution in [-0.2, 0) is 14.3 Å². The van der Waals surface area contributed by atoms with E-state index in [4.69, 9.17) is 5.11 Å². The third-order valence-corrected chi connectivity index (χ3v) is 3.78. The number of carboxylic acids is 1. The zero-order valence-corrected chi connectivity index (χ0v) is 12.4. The first kappa shape index (κ1) is 17.3. The Kier molecular flexibility index (Phi) is 7.56. The number of carboxylic acid groups (broad SMARTS) is 1. The van der Waals surface area contributed by atoms with Crippen molar-refractivity contribution in [3.63, 3.8) is 0 Å². The lowest BCUT2D eigenvalue weighted by molar-refractivity contribution is -0.142. The molecule has 0 radical (unpaired) electrons. The summed E-state index contributed by atoms with van der Waals surface area (Å²) in [5.41, 5.74) is 0. The van der Waals surface area contributed by atoms with Crippen LogP contribution in [0.1, 0.15) is 44.9 Å². The Balaban J connectivity index is 2.24. The van der Waals surface area contributed by atoms with Gasteiger partial charge in [-0.2, -0.15) is 0 Å². The lowest BCUT2D eigenvalue weighted by Crippen LogP contribution is -2.46. The quantitative estimate of drug-likeness (QED) is 0.586. The standard InChI is InChI=1S/C14H24N2O5/c1-21-12(17)7-6-11(13(18)19)16-14(20)15-9-8-10-4-2-3-5-10/h10-11H,2-9H2,1H3,(H,18,19)(H2,15,16,20)/t11-/m0/s1. The minimum absolute atomic E-state index is 0.0120. The molecule has 1 rings (SSSR count). The van der Waals surface area contributed by atoms with Crippen molar-refractivity contribution in [1.82, 2.24) is 10.6 Å². The van der Waals surface area contributed by atoms with Crippen LogP contribution in [0.3, 0.4) is 0 Å². The second-order valence-electron chi connectivity index (χ2n) is 5.35. The van der Waals surface area contributed by atoms with Crippen LogP contribution >= 0.6 is 0 Å². The Hall–Kier alpha value is -1.79. The second kappa shape index (κ2) is 9.20. The van der Waals surface area contributed by atoms with Crippen molar-refractivity contribution in [2.24, 2.45) is 5.92 Å². The Labute approximate surface area is 124 Å². The molecule has 1 atom stereocenters. The lowest BCUT2D eigenvalue weighted by atomic mass is 10.0. The molecule has 120 valence electrons. The summed E-state index contributed by atoms with van der Waals surface area (Å²) in [6.07, 6.45) is 5.82. The van der Waals surface area contributed by atoms with Gasteiger partial charge in [0.05, 0.1) is 7.11 Å². The van der Waals surface area contributed by atoms with Crippen LogP contribution in [0, 0.1) is 5.92 Å². The van der Waals surface area contributed by atoms with Gasteiger partial charge in [-0.05, 0) is 18.8 Å². The van der Waals surface area contributed by atoms with Gasteiger partial charge in [0.1, 0.15) is 6.04 Å². The van der Waals surface area contributed by atoms with Gasteiger partial charge in [0.2, 0.25) is 0 Å². The molecule has 0 bridgehead atoms. The Morgan fingerprint density at radius 2 is 1.95 bits per heavy atom. The molecular weight excluding hydrogens is 276 g/mol. The average molecular weight is 300 g/mol. The van der Waals surface area contributed by atoms with Gasteiger partial charge in [-0.3, -0.25) is 4.79 Å². The van der Waals surface area contributed by atoms with Crippen molar-refractivity contribution in [2.45, 2.75) is 51.0 Å². The van der Waals surface area contributed by atoms with Crippen LogP contribution in [0.5, 0.6) is 0 Å². The summed E-state index contributed by atoms with van der Waals surface area (Å²) in [6.45, 7) is 0.542. The predicted octanol–water partition coefficient (Wildman–Crippen LogP) is 1.27. The molecule has 7 nitrogen and oxygen atoms in total. The van der Waals surface area contributed by atoms with Crippen molar-refractivity contribution < 1.29 is 24.2 Å². The summed E-state index contributed by atoms with van der Waals surface area (Å²) in [4.78, 5) is 33.7. The molecule has 21 heavy (non-hydrogen) atoms. The highest BCUT2D eigenvalue weighted by Crippen LogP contribution is 2.26. The van der Waals surface area contributed by atoms with Gasteiger partial charge in [0, 0.05) is 13.0 Å². The van der Waals surface area contributed by atoms with E-state index in [1.165, 1.54) is 32.8 Å². The van der Waals surface area contributed by atoms with E-state index in [0.717, 1.165) is 6.42 Å². The highest BCUT2D eigenvalue weighted by atomic mass is 16.5. The van der Waals surface area contributed by atoms with E-state index in [9.17, 15) is 14.4 Å². The summed E-state index contributed by atoms with van der Waals surface area (Å²) >= 11 is 0. The number of hydrogen-bond donors (Lipinski definition) is 3. The molecular formula is C14H24N2O5. The van der Waals surface area contributed by atoms with Gasteiger partial charge in [-0.25, -0.2) is 9.59 Å². The fourth-order valence-electron chi connectivity index (χ4n) is 2.52. The zero-order chi connectivity index (χ0) is 15.7. The molecule has 0 aromatic heterocycles. The number of methoxy groups -OCH3 is 1. The van der Waals surface area contributed by atoms with Crippen molar-refractivity contribution >= 4 is 18.0 Å². The predicted molar refractivity (Wildman–Crippen MR) is 75.8 cm³/mol. The number of esters is 1. The minimum atomic E-state index is -1.16. The molecule has 0 aromatic rings. The molecule has 0 heterocycles. The fourth-order valence-corrected chi connectivity index (χ4v) is 2.52. The lowest BCUT2D eigenvalue weighted by Gasteiger charge is -2.15. The maximum atomic E-state index is 11.6. The van der Waals surface area contributed by atoms with E-state index in [0.29, 0.717) is 12.5 Å². The number of aliphatic carboxylic acids is 1. The number of amides is 2. The van der Waals surface area contributed by atoms with Gasteiger partial charge in [-0.15, -0.1) is 0 Å². The van der Waals surface area contributed by atoms with E-state index >= 15 is 0 Å². The first-order valence-corrected chi connectivity index (χ1v) is 7.37. The van der Waals surface area contributed by atoms with E-state index in [1.807, 2.05) is 0 Å². The number of rotatable bonds is 8. The Bertz CT molecular complexity index is 366. The summed E-state index contributed by atoms with van der Waals surface area (Å²) in [5.74, 6) is -0.991. The van der Waals surface area contributed by atoms with Gasteiger partial charge in [-0.1, -0.05) is 25.7 Å². The van der Waals surface area contributed by atoms with Crippen molar-refractivity contribution in [3.8, 4) is 0 Å². The van der Waals surface area contributed by atoms with Gasteiger partial charge >= 0.3 is 18.0 Å². The maximum Gasteiger partial charge on any atom is 0.326 e. The first-order chi connectivity index (χ1) is 10.0. The van der Waals surface area contributed by atoms with Crippen LogP contribution in [0.25, 0.3) is 0 Å². The topological polar surface area (TPSA) is 105 Å². The van der Waals surface area contributed by atoms with E-state index in [1.54, 1.807) is 0 Å². The van der Waals surface area contributed by atoms with Crippen molar-refractivity contribution in [3.05, 3.63) is 0 Å². The summed E-state index contributed by atoms with van der Waals surface area (Å²) in [7, 11) is 1.24. The molecule has 0 aliphatic heterocycles. The number of nitrogens with one attached hydrogen (secondary N) is 2. The van der Waals surface area contributed by atoms with Crippen LogP contribution in [0.15, 0.2) is 0 Å². The highest BCUT2D eigenvalue weighted by molar-refractivity contribution is 5.83. The van der Waals surface area contributed by atoms with Crippen LogP contribution in [0.2, 0.25) is 0 Å². The molecule has 1 saturated carbocycles. The highest BCUT2D eigenvalue weighted by Gasteiger charge is 2.21. The fraction of sp³-hybridized carbons (Fsp3) is 0.786. The average Bonchev–Trinajstić information content (AvgIpc) is 2.95. The molecule has 7 heteroatoms. The molecule has 0 saturated heterocycles. The third-order valence-electron chi connectivity index (χ3n) is 3.78. The molecule has 0 spiro atoms. The maximum absolute atomic E-state index is 11.6. The number of carbonyl (C=O) groups is 3. The number of ether oxygens (including phenoxy) is 1. The summed E-state index contributed by atoms with van der Waals surface area (Å²) in [6, 6.07) is -1.60. The van der Waals surface area contributed by atoms with E-state index in [2.05, 4.69) is 15.4 Å². The number of hydrogen-bond acceptors (Lipinski definition) is 4. The van der Waals surface area contributed by atoms with Crippen LogP contribution in [0.4, 0.5) is 4.79 Å². The Morgan fingerprint density at radius 3 is 2.52 bits per heavy atom. The summed E-state index contributed by atoms with van der Waals surface area (Å²) < 4.78 is 4.45. The molecule has 2 amide bonds. The molecule has 1 fully saturated rings. The molecule has 0 unspecified atom stereocenters. The normalized spacial score (nSPS) is 16.2. The zero-order valence-electron chi connectivity index (χ0n) is 12.4. The largest absolute Gasteiger partial charge is 0.480 e. The first-order valence-electron chi connectivity index (χ1n) is 7.37. The smallest absolute Gasteiger partial charge is 0.326 e. The van der Waals surface area contributed by atoms with Gasteiger partial charge in [0.15, 0.2) is 0 Å². The van der Waals surface area contributed by atoms with Crippen molar-refractivity contribution in [2.75, 3.05) is 13.7 Å². The number of carbonyl (C=O) groups excluding carboxylic acids is 2. The summed E-state index contributed by atoms with van der Waals surface area (Å²) in [5, 5.41) is 14.0. The molecule has 1 aliphatic rings. The second-order valence-corrected chi connectivity index (χ2v) is 5.35. The van der Waals surface area contributed by atoms with Crippen LogP contribution in [-0.4, -0.2) is 42.8 Å². The Morgan fingerprint density at radius 1 is 1.29 bits per heavy atom. The third kappa shape index (κ3) is 6.97. The van der Waals surface area contributed by atoms with Gasteiger partial charge < -0.3 is 20.5 Å². The molecule has 0 aromatic carbocycles. The SMILES string of the molecule is COC(=O)CC[C@H](NC(=O)NCCC1CCCC1)C(=O)O. The van der Waals surface area contributed by atoms with Crippen LogP contribution < -0.4 is 10.6 Å². The minimum Gasteiger partial charge on any atom is -0.480 e. The van der Waals surface area contributed by atoms with Gasteiger partial charge in [0.25, 0.3) is 0 Å². The number of urea groups is 1. The van der Waals surface area contributed by atoms with Crippen molar-refractivity contribution in [1.29, 1.82) is 0 Å². The van der Waals surface area contributed by atoms with E-state index in [-0.39, 0.29) is 12.8 Å². The molecule has 3 N–H and O–H groups in total. The molecule has 1 aliphatic carbocycles. The monoisotopic (exact) mass is 300 g/mol.